The number of nitrogens with zero attached hydrogens (tertiary/aromatic N) is 1. The molecule has 2 atom stereocenters. The Hall–Kier alpha value is -3.91. The van der Waals surface area contributed by atoms with E-state index < -0.39 is 12.2 Å². The molecule has 2 unspecified atom stereocenters. The van der Waals surface area contributed by atoms with E-state index in [1.807, 2.05) is 55.5 Å². The molecule has 0 amide bonds. The first-order chi connectivity index (χ1) is 18.1. The third-order valence-electron chi connectivity index (χ3n) is 5.69. The number of esters is 1. The molecule has 0 radical (unpaired) electrons. The number of rotatable bonds is 13. The molecule has 1 aromatic heterocycles. The van der Waals surface area contributed by atoms with Crippen molar-refractivity contribution in [1.82, 2.24) is 10.3 Å². The molecule has 37 heavy (non-hydrogen) atoms. The number of benzene rings is 3. The van der Waals surface area contributed by atoms with Crippen LogP contribution in [0.15, 0.2) is 77.2 Å². The number of hydrogen-bond acceptors (Lipinski definition) is 7. The molecular weight excluding hydrogens is 475 g/mol. The SMILES string of the molecule is CCOC(=O)C(CC)Oc1cccc(CNCCC(Oc2ccc(F)cc2)c2nc3ccccc3o2)c1. The van der Waals surface area contributed by atoms with Crippen molar-refractivity contribution in [3.05, 3.63) is 90.1 Å². The van der Waals surface area contributed by atoms with Gasteiger partial charge in [0.25, 0.3) is 0 Å². The highest BCUT2D eigenvalue weighted by molar-refractivity contribution is 5.75. The van der Waals surface area contributed by atoms with Crippen molar-refractivity contribution in [3.63, 3.8) is 0 Å². The van der Waals surface area contributed by atoms with Gasteiger partial charge in [-0.05, 0) is 74.0 Å². The van der Waals surface area contributed by atoms with Crippen LogP contribution in [0.25, 0.3) is 11.1 Å². The average Bonchev–Trinajstić information content (AvgIpc) is 3.35. The third kappa shape index (κ3) is 7.30. The quantitative estimate of drug-likeness (QED) is 0.176. The van der Waals surface area contributed by atoms with Gasteiger partial charge >= 0.3 is 5.97 Å². The minimum Gasteiger partial charge on any atom is -0.481 e. The van der Waals surface area contributed by atoms with E-state index in [1.165, 1.54) is 12.1 Å². The van der Waals surface area contributed by atoms with Gasteiger partial charge in [-0.1, -0.05) is 31.2 Å². The lowest BCUT2D eigenvalue weighted by molar-refractivity contribution is -0.151. The summed E-state index contributed by atoms with van der Waals surface area (Å²) < 4.78 is 36.4. The van der Waals surface area contributed by atoms with Crippen LogP contribution in [-0.4, -0.2) is 30.2 Å². The predicted molar refractivity (Wildman–Crippen MR) is 138 cm³/mol. The van der Waals surface area contributed by atoms with Crippen molar-refractivity contribution in [1.29, 1.82) is 0 Å². The number of nitrogens with one attached hydrogen (secondary N) is 1. The molecule has 0 aliphatic carbocycles. The normalized spacial score (nSPS) is 12.7. The molecule has 4 aromatic rings. The number of oxazole rings is 1. The summed E-state index contributed by atoms with van der Waals surface area (Å²) in [6, 6.07) is 21.0. The van der Waals surface area contributed by atoms with E-state index in [1.54, 1.807) is 19.1 Å². The van der Waals surface area contributed by atoms with Gasteiger partial charge in [0.2, 0.25) is 5.89 Å². The van der Waals surface area contributed by atoms with Crippen LogP contribution in [0.2, 0.25) is 0 Å². The van der Waals surface area contributed by atoms with Crippen molar-refractivity contribution in [3.8, 4) is 11.5 Å². The molecule has 1 N–H and O–H groups in total. The van der Waals surface area contributed by atoms with Crippen LogP contribution >= 0.6 is 0 Å². The van der Waals surface area contributed by atoms with E-state index in [4.69, 9.17) is 18.6 Å². The first-order valence-corrected chi connectivity index (χ1v) is 12.5. The number of para-hydroxylation sites is 2. The number of fused-ring (bicyclic) bond motifs is 1. The Balaban J connectivity index is 1.37. The molecule has 0 saturated heterocycles. The zero-order valence-electron chi connectivity index (χ0n) is 21.0. The Kier molecular flexibility index (Phi) is 9.10. The summed E-state index contributed by atoms with van der Waals surface area (Å²) in [7, 11) is 0. The number of halogens is 1. The summed E-state index contributed by atoms with van der Waals surface area (Å²) in [4.78, 5) is 16.6. The van der Waals surface area contributed by atoms with Gasteiger partial charge in [0, 0.05) is 13.0 Å². The molecule has 0 aliphatic rings. The molecule has 3 aromatic carbocycles. The van der Waals surface area contributed by atoms with E-state index in [9.17, 15) is 9.18 Å². The van der Waals surface area contributed by atoms with E-state index in [2.05, 4.69) is 10.3 Å². The molecule has 194 valence electrons. The highest BCUT2D eigenvalue weighted by Gasteiger charge is 2.21. The minimum absolute atomic E-state index is 0.318. The molecular formula is C29H31FN2O5. The molecule has 0 fully saturated rings. The highest BCUT2D eigenvalue weighted by atomic mass is 19.1. The monoisotopic (exact) mass is 506 g/mol. The first-order valence-electron chi connectivity index (χ1n) is 12.5. The maximum atomic E-state index is 13.4. The molecule has 7 nitrogen and oxygen atoms in total. The molecule has 0 aliphatic heterocycles. The van der Waals surface area contributed by atoms with Crippen LogP contribution in [-0.2, 0) is 16.1 Å². The number of carbonyl (C=O) groups excluding carboxylic acids is 1. The maximum absolute atomic E-state index is 13.4. The summed E-state index contributed by atoms with van der Waals surface area (Å²) in [6.45, 7) is 5.17. The van der Waals surface area contributed by atoms with Crippen molar-refractivity contribution in [2.24, 2.45) is 0 Å². The number of ether oxygens (including phenoxy) is 3. The van der Waals surface area contributed by atoms with Crippen LogP contribution in [0.5, 0.6) is 11.5 Å². The van der Waals surface area contributed by atoms with Gasteiger partial charge in [-0.3, -0.25) is 0 Å². The topological polar surface area (TPSA) is 82.8 Å². The zero-order chi connectivity index (χ0) is 26.0. The number of carbonyl (C=O) groups is 1. The summed E-state index contributed by atoms with van der Waals surface area (Å²) in [5, 5.41) is 3.41. The van der Waals surface area contributed by atoms with Gasteiger partial charge in [-0.15, -0.1) is 0 Å². The van der Waals surface area contributed by atoms with Crippen LogP contribution in [0.1, 0.15) is 44.2 Å². The van der Waals surface area contributed by atoms with Gasteiger partial charge in [0.15, 0.2) is 17.8 Å². The van der Waals surface area contributed by atoms with E-state index in [0.717, 1.165) is 11.1 Å². The van der Waals surface area contributed by atoms with Gasteiger partial charge in [-0.25, -0.2) is 14.2 Å². The zero-order valence-corrected chi connectivity index (χ0v) is 21.0. The largest absolute Gasteiger partial charge is 0.481 e. The Bertz CT molecular complexity index is 1260. The van der Waals surface area contributed by atoms with E-state index in [0.29, 0.717) is 55.5 Å². The Labute approximate surface area is 215 Å². The van der Waals surface area contributed by atoms with E-state index in [-0.39, 0.29) is 11.8 Å². The molecule has 8 heteroatoms. The van der Waals surface area contributed by atoms with Gasteiger partial charge < -0.3 is 23.9 Å². The second kappa shape index (κ2) is 12.9. The van der Waals surface area contributed by atoms with Crippen molar-refractivity contribution >= 4 is 17.1 Å². The average molecular weight is 507 g/mol. The first kappa shape index (κ1) is 26.2. The van der Waals surface area contributed by atoms with Gasteiger partial charge in [0.05, 0.1) is 6.61 Å². The predicted octanol–water partition coefficient (Wildman–Crippen LogP) is 5.99. The van der Waals surface area contributed by atoms with Crippen molar-refractivity contribution in [2.75, 3.05) is 13.2 Å². The molecule has 1 heterocycles. The van der Waals surface area contributed by atoms with Crippen molar-refractivity contribution < 1.29 is 27.8 Å². The lowest BCUT2D eigenvalue weighted by Crippen LogP contribution is -2.28. The standard InChI is InChI=1S/C29H31FN2O5/c1-3-25(29(33)34-4-2)36-23-9-7-8-20(18-23)19-31-17-16-27(35-22-14-12-21(30)13-15-22)28-32-24-10-5-6-11-26(24)37-28/h5-15,18,25,27,31H,3-4,16-17,19H2,1-2H3. The molecule has 4 rings (SSSR count). The second-order valence-corrected chi connectivity index (χ2v) is 8.46. The van der Waals surface area contributed by atoms with Crippen LogP contribution in [0.4, 0.5) is 4.39 Å². The van der Waals surface area contributed by atoms with Crippen molar-refractivity contribution in [2.45, 2.75) is 45.4 Å². The summed E-state index contributed by atoms with van der Waals surface area (Å²) in [5.74, 6) is 0.923. The molecule has 0 bridgehead atoms. The fourth-order valence-corrected chi connectivity index (χ4v) is 3.83. The molecule has 0 spiro atoms. The van der Waals surface area contributed by atoms with Crippen LogP contribution in [0.3, 0.4) is 0 Å². The maximum Gasteiger partial charge on any atom is 0.347 e. The summed E-state index contributed by atoms with van der Waals surface area (Å²) in [5.41, 5.74) is 2.44. The van der Waals surface area contributed by atoms with Crippen LogP contribution < -0.4 is 14.8 Å². The Morgan fingerprint density at radius 2 is 1.81 bits per heavy atom. The molecule has 0 saturated carbocycles. The summed E-state index contributed by atoms with van der Waals surface area (Å²) in [6.07, 6.45) is -0.00736. The third-order valence-corrected chi connectivity index (χ3v) is 5.69. The van der Waals surface area contributed by atoms with E-state index >= 15 is 0 Å². The highest BCUT2D eigenvalue weighted by Crippen LogP contribution is 2.27. The fourth-order valence-electron chi connectivity index (χ4n) is 3.83. The Morgan fingerprint density at radius 3 is 2.57 bits per heavy atom. The lowest BCUT2D eigenvalue weighted by atomic mass is 10.2. The number of hydrogen-bond donors (Lipinski definition) is 1. The Morgan fingerprint density at radius 1 is 1.00 bits per heavy atom. The van der Waals surface area contributed by atoms with Gasteiger partial charge in [0.1, 0.15) is 22.8 Å². The van der Waals surface area contributed by atoms with Gasteiger partial charge in [-0.2, -0.15) is 0 Å². The fraction of sp³-hybridized carbons (Fsp3) is 0.310. The summed E-state index contributed by atoms with van der Waals surface area (Å²) >= 11 is 0. The van der Waals surface area contributed by atoms with Crippen LogP contribution in [0, 0.1) is 5.82 Å². The smallest absolute Gasteiger partial charge is 0.347 e. The minimum atomic E-state index is -0.635. The number of aromatic nitrogens is 1. The second-order valence-electron chi connectivity index (χ2n) is 8.46. The lowest BCUT2D eigenvalue weighted by Gasteiger charge is -2.17.